The molecule has 16 heavy (non-hydrogen) atoms. The van der Waals surface area contributed by atoms with Crippen LogP contribution in [0.2, 0.25) is 5.28 Å². The van der Waals surface area contributed by atoms with Crippen molar-refractivity contribution in [2.24, 2.45) is 11.7 Å². The summed E-state index contributed by atoms with van der Waals surface area (Å²) in [5.41, 5.74) is 6.31. The number of amides is 1. The van der Waals surface area contributed by atoms with Crippen LogP contribution in [0.4, 0.5) is 5.82 Å². The number of halogens is 1. The van der Waals surface area contributed by atoms with E-state index in [1.807, 2.05) is 6.92 Å². The van der Waals surface area contributed by atoms with Crippen molar-refractivity contribution < 1.29 is 4.79 Å². The van der Waals surface area contributed by atoms with Gasteiger partial charge in [0, 0.05) is 24.7 Å². The molecule has 6 heteroatoms. The van der Waals surface area contributed by atoms with Gasteiger partial charge in [-0.15, -0.1) is 0 Å². The number of aryl methyl sites for hydroxylation is 1. The Morgan fingerprint density at radius 1 is 1.62 bits per heavy atom. The standard InChI is InChI=1S/C10H13ClN4O/c1-6-2-8(14-10(11)13-6)15-5-7(4-12)3-9(15)16/h2,7H,3-5,12H2,1H3. The molecule has 2 rings (SSSR count). The van der Waals surface area contributed by atoms with Crippen molar-refractivity contribution in [1.82, 2.24) is 9.97 Å². The van der Waals surface area contributed by atoms with E-state index < -0.39 is 0 Å². The van der Waals surface area contributed by atoms with E-state index in [1.54, 1.807) is 11.0 Å². The van der Waals surface area contributed by atoms with Crippen LogP contribution in [0.3, 0.4) is 0 Å². The summed E-state index contributed by atoms with van der Waals surface area (Å²) in [6.07, 6.45) is 0.483. The van der Waals surface area contributed by atoms with Crippen LogP contribution in [0.1, 0.15) is 12.1 Å². The van der Waals surface area contributed by atoms with Gasteiger partial charge in [0.15, 0.2) is 0 Å². The minimum Gasteiger partial charge on any atom is -0.330 e. The molecular formula is C10H13ClN4O. The lowest BCUT2D eigenvalue weighted by Gasteiger charge is -2.15. The van der Waals surface area contributed by atoms with Gasteiger partial charge in [0.05, 0.1) is 0 Å². The molecule has 2 N–H and O–H groups in total. The SMILES string of the molecule is Cc1cc(N2CC(CN)CC2=O)nc(Cl)n1. The van der Waals surface area contributed by atoms with Crippen molar-refractivity contribution in [3.05, 3.63) is 17.0 Å². The molecule has 0 aliphatic carbocycles. The molecule has 5 nitrogen and oxygen atoms in total. The summed E-state index contributed by atoms with van der Waals surface area (Å²) >= 11 is 5.76. The van der Waals surface area contributed by atoms with Crippen LogP contribution >= 0.6 is 11.6 Å². The molecule has 1 atom stereocenters. The van der Waals surface area contributed by atoms with E-state index in [0.717, 1.165) is 5.69 Å². The topological polar surface area (TPSA) is 72.1 Å². The molecular weight excluding hydrogens is 228 g/mol. The van der Waals surface area contributed by atoms with Crippen molar-refractivity contribution in [3.63, 3.8) is 0 Å². The van der Waals surface area contributed by atoms with E-state index >= 15 is 0 Å². The molecule has 0 spiro atoms. The van der Waals surface area contributed by atoms with Gasteiger partial charge in [-0.25, -0.2) is 9.97 Å². The van der Waals surface area contributed by atoms with Gasteiger partial charge in [-0.05, 0) is 31.0 Å². The van der Waals surface area contributed by atoms with Gasteiger partial charge >= 0.3 is 0 Å². The highest BCUT2D eigenvalue weighted by molar-refractivity contribution is 6.28. The Morgan fingerprint density at radius 3 is 2.94 bits per heavy atom. The number of rotatable bonds is 2. The van der Waals surface area contributed by atoms with Crippen LogP contribution in [0.5, 0.6) is 0 Å². The maximum absolute atomic E-state index is 11.7. The molecule has 0 aromatic carbocycles. The normalized spacial score (nSPS) is 20.6. The number of hydrogen-bond donors (Lipinski definition) is 1. The van der Waals surface area contributed by atoms with Crippen molar-refractivity contribution >= 4 is 23.3 Å². The van der Waals surface area contributed by atoms with Gasteiger partial charge in [-0.1, -0.05) is 0 Å². The molecule has 86 valence electrons. The van der Waals surface area contributed by atoms with Crippen molar-refractivity contribution in [3.8, 4) is 0 Å². The van der Waals surface area contributed by atoms with Crippen molar-refractivity contribution in [1.29, 1.82) is 0 Å². The summed E-state index contributed by atoms with van der Waals surface area (Å²) in [4.78, 5) is 21.4. The van der Waals surface area contributed by atoms with Crippen molar-refractivity contribution in [2.75, 3.05) is 18.0 Å². The van der Waals surface area contributed by atoms with Crippen LogP contribution in [-0.4, -0.2) is 29.0 Å². The molecule has 1 aromatic rings. The minimum absolute atomic E-state index is 0.0459. The van der Waals surface area contributed by atoms with Gasteiger partial charge in [0.1, 0.15) is 5.82 Å². The second-order valence-corrected chi connectivity index (χ2v) is 4.28. The number of aromatic nitrogens is 2. The maximum Gasteiger partial charge on any atom is 0.228 e. The van der Waals surface area contributed by atoms with Crippen LogP contribution in [0.15, 0.2) is 6.07 Å². The second-order valence-electron chi connectivity index (χ2n) is 3.95. The first kappa shape index (κ1) is 11.3. The Balaban J connectivity index is 2.27. The Kier molecular flexibility index (Phi) is 3.07. The highest BCUT2D eigenvalue weighted by Gasteiger charge is 2.30. The zero-order valence-electron chi connectivity index (χ0n) is 8.98. The highest BCUT2D eigenvalue weighted by Crippen LogP contribution is 2.24. The lowest BCUT2D eigenvalue weighted by Crippen LogP contribution is -2.26. The van der Waals surface area contributed by atoms with E-state index in [4.69, 9.17) is 17.3 Å². The lowest BCUT2D eigenvalue weighted by atomic mass is 10.1. The molecule has 1 aromatic heterocycles. The van der Waals surface area contributed by atoms with E-state index in [2.05, 4.69) is 9.97 Å². The Morgan fingerprint density at radius 2 is 2.38 bits per heavy atom. The third kappa shape index (κ3) is 2.15. The number of hydrogen-bond acceptors (Lipinski definition) is 4. The average Bonchev–Trinajstić information content (AvgIpc) is 2.58. The molecule has 1 aliphatic rings. The number of carbonyl (C=O) groups is 1. The summed E-state index contributed by atoms with van der Waals surface area (Å²) < 4.78 is 0. The predicted octanol–water partition coefficient (Wildman–Crippen LogP) is 0.750. The second kappa shape index (κ2) is 4.35. The van der Waals surface area contributed by atoms with Crippen molar-refractivity contribution in [2.45, 2.75) is 13.3 Å². The van der Waals surface area contributed by atoms with Gasteiger partial charge in [-0.3, -0.25) is 9.69 Å². The molecule has 1 unspecified atom stereocenters. The third-order valence-corrected chi connectivity index (χ3v) is 2.80. The minimum atomic E-state index is 0.0459. The zero-order chi connectivity index (χ0) is 11.7. The Bertz CT molecular complexity index is 403. The number of nitrogens with two attached hydrogens (primary N) is 1. The largest absolute Gasteiger partial charge is 0.330 e. The molecule has 1 saturated heterocycles. The Hall–Kier alpha value is -1.20. The van der Waals surface area contributed by atoms with Crippen LogP contribution in [0.25, 0.3) is 0 Å². The third-order valence-electron chi connectivity index (χ3n) is 2.63. The first-order valence-corrected chi connectivity index (χ1v) is 5.49. The Labute approximate surface area is 98.6 Å². The average molecular weight is 241 g/mol. The van der Waals surface area contributed by atoms with E-state index in [1.165, 1.54) is 0 Å². The first-order chi connectivity index (χ1) is 7.60. The summed E-state index contributed by atoms with van der Waals surface area (Å²) in [6.45, 7) is 2.94. The molecule has 0 bridgehead atoms. The molecule has 1 aliphatic heterocycles. The lowest BCUT2D eigenvalue weighted by molar-refractivity contribution is -0.117. The smallest absolute Gasteiger partial charge is 0.228 e. The van der Waals surface area contributed by atoms with E-state index in [0.29, 0.717) is 25.3 Å². The zero-order valence-corrected chi connectivity index (χ0v) is 9.74. The maximum atomic E-state index is 11.7. The fourth-order valence-corrected chi connectivity index (χ4v) is 2.04. The van der Waals surface area contributed by atoms with Crippen LogP contribution in [-0.2, 0) is 4.79 Å². The number of carbonyl (C=O) groups excluding carboxylic acids is 1. The molecule has 1 amide bonds. The molecule has 0 radical (unpaired) electrons. The summed E-state index contributed by atoms with van der Waals surface area (Å²) in [5.74, 6) is 0.824. The summed E-state index contributed by atoms with van der Waals surface area (Å²) in [6, 6.07) is 1.75. The van der Waals surface area contributed by atoms with E-state index in [-0.39, 0.29) is 17.1 Å². The van der Waals surface area contributed by atoms with Gasteiger partial charge in [0.2, 0.25) is 11.2 Å². The number of nitrogens with zero attached hydrogens (tertiary/aromatic N) is 3. The number of anilines is 1. The van der Waals surface area contributed by atoms with E-state index in [9.17, 15) is 4.79 Å². The molecule has 0 saturated carbocycles. The summed E-state index contributed by atoms with van der Waals surface area (Å²) in [7, 11) is 0. The quantitative estimate of drug-likeness (QED) is 0.775. The van der Waals surface area contributed by atoms with Crippen LogP contribution in [0, 0.1) is 12.8 Å². The predicted molar refractivity (Wildman–Crippen MR) is 61.3 cm³/mol. The molecule has 2 heterocycles. The summed E-state index contributed by atoms with van der Waals surface area (Å²) in [5, 5.41) is 0.166. The first-order valence-electron chi connectivity index (χ1n) is 5.11. The molecule has 1 fully saturated rings. The fourth-order valence-electron chi connectivity index (χ4n) is 1.82. The fraction of sp³-hybridized carbons (Fsp3) is 0.500. The van der Waals surface area contributed by atoms with Gasteiger partial charge in [0.25, 0.3) is 0 Å². The monoisotopic (exact) mass is 240 g/mol. The van der Waals surface area contributed by atoms with Gasteiger partial charge in [-0.2, -0.15) is 0 Å². The highest BCUT2D eigenvalue weighted by atomic mass is 35.5. The van der Waals surface area contributed by atoms with Gasteiger partial charge < -0.3 is 5.73 Å². The van der Waals surface area contributed by atoms with Crippen LogP contribution < -0.4 is 10.6 Å².